The normalized spacial score (nSPS) is 11.2. The minimum atomic E-state index is -4.29. The molecule has 0 fully saturated rings. The van der Waals surface area contributed by atoms with Crippen LogP contribution in [0.5, 0.6) is 0 Å². The third-order valence-corrected chi connectivity index (χ3v) is 2.41. The summed E-state index contributed by atoms with van der Waals surface area (Å²) >= 11 is 0. The van der Waals surface area contributed by atoms with Crippen molar-refractivity contribution in [3.63, 3.8) is 0 Å². The molecule has 0 aliphatic rings. The van der Waals surface area contributed by atoms with Crippen molar-refractivity contribution in [1.29, 1.82) is 0 Å². The van der Waals surface area contributed by atoms with Gasteiger partial charge in [0.05, 0.1) is 11.4 Å². The van der Waals surface area contributed by atoms with Gasteiger partial charge in [-0.3, -0.25) is 10.4 Å². The number of nitrogens with two attached hydrogens (primary N) is 2. The molecule has 1 rings (SSSR count). The quantitative estimate of drug-likeness (QED) is 0.229. The highest BCUT2D eigenvalue weighted by molar-refractivity contribution is 7.86. The summed E-state index contributed by atoms with van der Waals surface area (Å²) in [6, 6.07) is 4.09. The highest BCUT2D eigenvalue weighted by Crippen LogP contribution is 2.25. The average Bonchev–Trinajstić information content (AvgIpc) is 2.02. The molecule has 13 heavy (non-hydrogen) atoms. The van der Waals surface area contributed by atoms with E-state index >= 15 is 0 Å². The van der Waals surface area contributed by atoms with Gasteiger partial charge < -0.3 is 11.2 Å². The minimum absolute atomic E-state index is 0.104. The molecule has 0 aliphatic carbocycles. The van der Waals surface area contributed by atoms with Crippen molar-refractivity contribution < 1.29 is 13.0 Å². The molecule has 0 heterocycles. The summed E-state index contributed by atoms with van der Waals surface area (Å²) in [6.07, 6.45) is 0. The number of hydrogen-bond acceptors (Lipinski definition) is 5. The van der Waals surface area contributed by atoms with Crippen molar-refractivity contribution in [2.24, 2.45) is 5.84 Å². The number of nitrogens with one attached hydrogen (secondary N) is 1. The Morgan fingerprint density at radius 1 is 1.38 bits per heavy atom. The predicted octanol–water partition coefficient (Wildman–Crippen LogP) is -0.199. The van der Waals surface area contributed by atoms with Crippen LogP contribution in [0.4, 0.5) is 11.4 Å². The zero-order valence-electron chi connectivity index (χ0n) is 6.56. The van der Waals surface area contributed by atoms with Crippen LogP contribution in [0.3, 0.4) is 0 Å². The van der Waals surface area contributed by atoms with Crippen LogP contribution in [-0.2, 0) is 10.1 Å². The minimum Gasteiger partial charge on any atom is -0.396 e. The molecule has 1 aromatic rings. The smallest absolute Gasteiger partial charge is 0.296 e. The standard InChI is InChI=1S/C6H9N3O3S/c7-6-4(9-8)2-1-3-5(6)13(10,11)12/h1-3,9H,7-8H2,(H,10,11,12). The van der Waals surface area contributed by atoms with Gasteiger partial charge in [0.1, 0.15) is 4.90 Å². The maximum Gasteiger partial charge on any atom is 0.296 e. The number of hydrogen-bond donors (Lipinski definition) is 4. The predicted molar refractivity (Wildman–Crippen MR) is 48.5 cm³/mol. The molecule has 0 amide bonds. The van der Waals surface area contributed by atoms with E-state index in [0.29, 0.717) is 0 Å². The Kier molecular flexibility index (Phi) is 2.41. The summed E-state index contributed by atoms with van der Waals surface area (Å²) in [4.78, 5) is -0.358. The molecule has 0 saturated heterocycles. The van der Waals surface area contributed by atoms with E-state index in [0.717, 1.165) is 0 Å². The van der Waals surface area contributed by atoms with Crippen LogP contribution in [-0.4, -0.2) is 13.0 Å². The van der Waals surface area contributed by atoms with E-state index in [1.165, 1.54) is 18.2 Å². The van der Waals surface area contributed by atoms with Crippen molar-refractivity contribution in [3.8, 4) is 0 Å². The van der Waals surface area contributed by atoms with Gasteiger partial charge in [0, 0.05) is 0 Å². The van der Waals surface area contributed by atoms with Crippen molar-refractivity contribution in [1.82, 2.24) is 0 Å². The van der Waals surface area contributed by atoms with E-state index in [2.05, 4.69) is 5.43 Å². The van der Waals surface area contributed by atoms with Gasteiger partial charge in [0.25, 0.3) is 10.1 Å². The Labute approximate surface area is 75.3 Å². The number of rotatable bonds is 2. The molecule has 0 unspecified atom stereocenters. The number of benzene rings is 1. The number of anilines is 2. The topological polar surface area (TPSA) is 118 Å². The van der Waals surface area contributed by atoms with E-state index in [1.54, 1.807) is 0 Å². The zero-order valence-corrected chi connectivity index (χ0v) is 7.38. The first-order valence-electron chi connectivity index (χ1n) is 3.29. The Morgan fingerprint density at radius 2 is 2.00 bits per heavy atom. The van der Waals surface area contributed by atoms with E-state index in [1.807, 2.05) is 0 Å². The van der Waals surface area contributed by atoms with Crippen LogP contribution in [0.25, 0.3) is 0 Å². The van der Waals surface area contributed by atoms with Crippen LogP contribution in [0, 0.1) is 0 Å². The second kappa shape index (κ2) is 3.21. The monoisotopic (exact) mass is 203 g/mol. The van der Waals surface area contributed by atoms with Gasteiger partial charge in [0.15, 0.2) is 0 Å². The zero-order chi connectivity index (χ0) is 10.1. The first-order valence-corrected chi connectivity index (χ1v) is 4.73. The lowest BCUT2D eigenvalue weighted by molar-refractivity contribution is 0.483. The number of nitrogen functional groups attached to an aromatic ring is 2. The summed E-state index contributed by atoms with van der Waals surface area (Å²) in [5.74, 6) is 5.06. The van der Waals surface area contributed by atoms with Crippen molar-refractivity contribution >= 4 is 21.5 Å². The highest BCUT2D eigenvalue weighted by Gasteiger charge is 2.15. The SMILES string of the molecule is NNc1cccc(S(=O)(=O)O)c1N. The second-order valence-electron chi connectivity index (χ2n) is 2.34. The van der Waals surface area contributed by atoms with E-state index in [-0.39, 0.29) is 16.3 Å². The number of para-hydroxylation sites is 1. The number of hydrazine groups is 1. The Hall–Kier alpha value is -1.31. The summed E-state index contributed by atoms with van der Waals surface area (Å²) < 4.78 is 30.2. The van der Waals surface area contributed by atoms with Crippen molar-refractivity contribution in [3.05, 3.63) is 18.2 Å². The molecule has 1 aromatic carbocycles. The van der Waals surface area contributed by atoms with Crippen LogP contribution in [0.2, 0.25) is 0 Å². The fourth-order valence-corrected chi connectivity index (χ4v) is 1.53. The van der Waals surface area contributed by atoms with E-state index in [9.17, 15) is 8.42 Å². The van der Waals surface area contributed by atoms with Crippen molar-refractivity contribution in [2.75, 3.05) is 11.2 Å². The average molecular weight is 203 g/mol. The third-order valence-electron chi connectivity index (χ3n) is 1.50. The molecule has 72 valence electrons. The summed E-state index contributed by atoms with van der Waals surface area (Å²) in [5, 5.41) is 0. The fourth-order valence-electron chi connectivity index (χ4n) is 0.895. The first-order chi connectivity index (χ1) is 5.96. The van der Waals surface area contributed by atoms with Crippen LogP contribution < -0.4 is 17.0 Å². The molecule has 0 aromatic heterocycles. The lowest BCUT2D eigenvalue weighted by Gasteiger charge is -2.07. The first kappa shape index (κ1) is 9.78. The maximum absolute atomic E-state index is 10.7. The van der Waals surface area contributed by atoms with Gasteiger partial charge in [-0.25, -0.2) is 0 Å². The molecule has 0 spiro atoms. The molecule has 6 nitrogen and oxygen atoms in total. The highest BCUT2D eigenvalue weighted by atomic mass is 32.2. The fraction of sp³-hybridized carbons (Fsp3) is 0. The Bertz CT molecular complexity index is 415. The van der Waals surface area contributed by atoms with Gasteiger partial charge in [0.2, 0.25) is 0 Å². The molecule has 7 heteroatoms. The Balaban J connectivity index is 3.41. The molecule has 0 atom stereocenters. The molecular formula is C6H9N3O3S. The molecule has 0 bridgehead atoms. The van der Waals surface area contributed by atoms with E-state index < -0.39 is 10.1 Å². The van der Waals surface area contributed by atoms with Crippen molar-refractivity contribution in [2.45, 2.75) is 4.90 Å². The van der Waals surface area contributed by atoms with Crippen LogP contribution in [0.1, 0.15) is 0 Å². The molecule has 6 N–H and O–H groups in total. The van der Waals surface area contributed by atoms with E-state index in [4.69, 9.17) is 16.1 Å². The lowest BCUT2D eigenvalue weighted by atomic mass is 10.3. The maximum atomic E-state index is 10.7. The largest absolute Gasteiger partial charge is 0.396 e. The molecule has 0 radical (unpaired) electrons. The van der Waals surface area contributed by atoms with Crippen LogP contribution >= 0.6 is 0 Å². The molecular weight excluding hydrogens is 194 g/mol. The second-order valence-corrected chi connectivity index (χ2v) is 3.73. The summed E-state index contributed by atoms with van der Waals surface area (Å²) in [5.41, 5.74) is 7.75. The van der Waals surface area contributed by atoms with Gasteiger partial charge >= 0.3 is 0 Å². The van der Waals surface area contributed by atoms with Gasteiger partial charge in [-0.05, 0) is 12.1 Å². The van der Waals surface area contributed by atoms with Gasteiger partial charge in [-0.15, -0.1) is 0 Å². The van der Waals surface area contributed by atoms with Gasteiger partial charge in [-0.1, -0.05) is 6.07 Å². The Morgan fingerprint density at radius 3 is 2.46 bits per heavy atom. The van der Waals surface area contributed by atoms with Crippen LogP contribution in [0.15, 0.2) is 23.1 Å². The van der Waals surface area contributed by atoms with Gasteiger partial charge in [-0.2, -0.15) is 8.42 Å². The lowest BCUT2D eigenvalue weighted by Crippen LogP contribution is -2.11. The molecule has 0 aliphatic heterocycles. The summed E-state index contributed by atoms with van der Waals surface area (Å²) in [7, 11) is -4.29. The third kappa shape index (κ3) is 1.89. The summed E-state index contributed by atoms with van der Waals surface area (Å²) in [6.45, 7) is 0. The molecule has 0 saturated carbocycles.